The van der Waals surface area contributed by atoms with E-state index in [-0.39, 0.29) is 18.3 Å². The van der Waals surface area contributed by atoms with Crippen molar-refractivity contribution in [1.82, 2.24) is 9.97 Å². The molecule has 0 bridgehead atoms. The number of amides is 1. The van der Waals surface area contributed by atoms with Crippen molar-refractivity contribution < 1.29 is 13.9 Å². The van der Waals surface area contributed by atoms with Crippen molar-refractivity contribution in [3.63, 3.8) is 0 Å². The first-order chi connectivity index (χ1) is 13.2. The molecule has 6 heteroatoms. The molecule has 1 aliphatic carbocycles. The van der Waals surface area contributed by atoms with Crippen molar-refractivity contribution in [3.8, 4) is 5.75 Å². The number of rotatable bonds is 7. The molecule has 3 aromatic rings. The highest BCUT2D eigenvalue weighted by molar-refractivity contribution is 6.02. The number of para-hydroxylation sites is 1. The fourth-order valence-electron chi connectivity index (χ4n) is 2.83. The fourth-order valence-corrected chi connectivity index (χ4v) is 2.83. The quantitative estimate of drug-likeness (QED) is 0.676. The summed E-state index contributed by atoms with van der Waals surface area (Å²) in [6, 6.07) is 13.2. The summed E-state index contributed by atoms with van der Waals surface area (Å²) < 4.78 is 11.1. The van der Waals surface area contributed by atoms with Crippen molar-refractivity contribution >= 4 is 11.9 Å². The van der Waals surface area contributed by atoms with E-state index in [1.165, 1.54) is 6.26 Å². The molecule has 1 aromatic carbocycles. The van der Waals surface area contributed by atoms with Crippen LogP contribution in [-0.2, 0) is 13.0 Å². The van der Waals surface area contributed by atoms with Gasteiger partial charge in [-0.3, -0.25) is 10.1 Å². The molecule has 0 spiro atoms. The van der Waals surface area contributed by atoms with E-state index in [0.717, 1.165) is 36.4 Å². The third-order valence-corrected chi connectivity index (χ3v) is 4.47. The number of nitrogens with one attached hydrogen (secondary N) is 1. The monoisotopic (exact) mass is 363 g/mol. The van der Waals surface area contributed by atoms with E-state index in [1.54, 1.807) is 6.07 Å². The Kier molecular flexibility index (Phi) is 4.87. The Labute approximate surface area is 157 Å². The summed E-state index contributed by atoms with van der Waals surface area (Å²) in [4.78, 5) is 21.6. The molecule has 2 aromatic heterocycles. The van der Waals surface area contributed by atoms with Crippen molar-refractivity contribution in [2.45, 2.75) is 38.7 Å². The first-order valence-corrected chi connectivity index (χ1v) is 9.16. The molecule has 0 unspecified atom stereocenters. The van der Waals surface area contributed by atoms with Gasteiger partial charge in [0.25, 0.3) is 5.91 Å². The molecule has 27 heavy (non-hydrogen) atoms. The highest BCUT2D eigenvalue weighted by Gasteiger charge is 2.26. The van der Waals surface area contributed by atoms with Crippen LogP contribution < -0.4 is 10.1 Å². The Balaban J connectivity index is 1.47. The van der Waals surface area contributed by atoms with Crippen LogP contribution in [-0.4, -0.2) is 15.9 Å². The van der Waals surface area contributed by atoms with Gasteiger partial charge in [-0.1, -0.05) is 25.1 Å². The lowest BCUT2D eigenvalue weighted by atomic mass is 10.2. The predicted molar refractivity (Wildman–Crippen MR) is 101 cm³/mol. The van der Waals surface area contributed by atoms with E-state index in [9.17, 15) is 4.79 Å². The van der Waals surface area contributed by atoms with Crippen LogP contribution >= 0.6 is 0 Å². The number of ether oxygens (including phenoxy) is 1. The Morgan fingerprint density at radius 2 is 2.04 bits per heavy atom. The minimum atomic E-state index is -0.373. The van der Waals surface area contributed by atoms with Crippen LogP contribution in [0.25, 0.3) is 0 Å². The van der Waals surface area contributed by atoms with Crippen molar-refractivity contribution in [3.05, 3.63) is 71.4 Å². The van der Waals surface area contributed by atoms with Gasteiger partial charge in [0.15, 0.2) is 5.76 Å². The summed E-state index contributed by atoms with van der Waals surface area (Å²) >= 11 is 0. The molecular weight excluding hydrogens is 342 g/mol. The molecule has 0 saturated heterocycles. The van der Waals surface area contributed by atoms with Crippen LogP contribution in [0.3, 0.4) is 0 Å². The number of furan rings is 1. The molecule has 6 nitrogen and oxygen atoms in total. The predicted octanol–water partition coefficient (Wildman–Crippen LogP) is 4.34. The maximum absolute atomic E-state index is 12.7. The zero-order chi connectivity index (χ0) is 18.6. The Bertz CT molecular complexity index is 933. The maximum Gasteiger partial charge on any atom is 0.294 e. The molecule has 1 fully saturated rings. The Hall–Kier alpha value is -3.15. The second-order valence-electron chi connectivity index (χ2n) is 6.57. The van der Waals surface area contributed by atoms with E-state index in [4.69, 9.17) is 9.15 Å². The molecule has 1 saturated carbocycles. The van der Waals surface area contributed by atoms with E-state index in [2.05, 4.69) is 15.3 Å². The number of aryl methyl sites for hydroxylation is 1. The van der Waals surface area contributed by atoms with Gasteiger partial charge in [0.2, 0.25) is 5.95 Å². The Morgan fingerprint density at radius 1 is 1.22 bits per heavy atom. The topological polar surface area (TPSA) is 77.2 Å². The van der Waals surface area contributed by atoms with Gasteiger partial charge >= 0.3 is 0 Å². The average molecular weight is 363 g/mol. The molecule has 4 rings (SSSR count). The maximum atomic E-state index is 12.7. The minimum absolute atomic E-state index is 0.212. The van der Waals surface area contributed by atoms with Gasteiger partial charge in [-0.05, 0) is 43.5 Å². The molecule has 1 aliphatic rings. The number of aromatic nitrogens is 2. The summed E-state index contributed by atoms with van der Waals surface area (Å²) in [7, 11) is 0. The van der Waals surface area contributed by atoms with Crippen molar-refractivity contribution in [2.75, 3.05) is 5.32 Å². The van der Waals surface area contributed by atoms with Crippen LogP contribution in [0.15, 0.2) is 53.1 Å². The lowest BCUT2D eigenvalue weighted by molar-refractivity contribution is 0.0992. The second-order valence-corrected chi connectivity index (χ2v) is 6.57. The first-order valence-electron chi connectivity index (χ1n) is 9.16. The normalized spacial score (nSPS) is 13.4. The van der Waals surface area contributed by atoms with Crippen LogP contribution in [0.1, 0.15) is 53.2 Å². The number of carbonyl (C=O) groups excluding carboxylic acids is 1. The largest absolute Gasteiger partial charge is 0.489 e. The lowest BCUT2D eigenvalue weighted by Gasteiger charge is -2.08. The van der Waals surface area contributed by atoms with Gasteiger partial charge in [-0.15, -0.1) is 0 Å². The van der Waals surface area contributed by atoms with Crippen molar-refractivity contribution in [2.24, 2.45) is 0 Å². The summed E-state index contributed by atoms with van der Waals surface area (Å²) in [6.07, 6.45) is 4.57. The third kappa shape index (κ3) is 4.16. The van der Waals surface area contributed by atoms with Crippen molar-refractivity contribution in [1.29, 1.82) is 0 Å². The Morgan fingerprint density at radius 3 is 2.78 bits per heavy atom. The molecule has 1 N–H and O–H groups in total. The average Bonchev–Trinajstić information content (AvgIpc) is 3.44. The summed E-state index contributed by atoms with van der Waals surface area (Å²) in [5, 5.41) is 2.77. The van der Waals surface area contributed by atoms with E-state index in [0.29, 0.717) is 17.4 Å². The molecule has 138 valence electrons. The van der Waals surface area contributed by atoms with Gasteiger partial charge in [-0.2, -0.15) is 0 Å². The number of benzene rings is 1. The number of hydrogen-bond donors (Lipinski definition) is 1. The highest BCUT2D eigenvalue weighted by atomic mass is 16.5. The smallest absolute Gasteiger partial charge is 0.294 e. The number of hydrogen-bond acceptors (Lipinski definition) is 5. The number of nitrogens with zero attached hydrogens (tertiary/aromatic N) is 2. The van der Waals surface area contributed by atoms with Gasteiger partial charge in [0.1, 0.15) is 12.4 Å². The van der Waals surface area contributed by atoms with Crippen LogP contribution in [0, 0.1) is 0 Å². The molecular formula is C21H21N3O3. The van der Waals surface area contributed by atoms with E-state index >= 15 is 0 Å². The zero-order valence-electron chi connectivity index (χ0n) is 15.1. The molecule has 0 atom stereocenters. The number of carbonyl (C=O) groups is 1. The highest BCUT2D eigenvalue weighted by Crippen LogP contribution is 2.39. The van der Waals surface area contributed by atoms with Crippen LogP contribution in [0.4, 0.5) is 5.95 Å². The van der Waals surface area contributed by atoms with Crippen LogP contribution in [0.2, 0.25) is 0 Å². The summed E-state index contributed by atoms with van der Waals surface area (Å²) in [5.41, 5.74) is 2.60. The van der Waals surface area contributed by atoms with E-state index < -0.39 is 0 Å². The summed E-state index contributed by atoms with van der Waals surface area (Å²) in [5.74, 6) is 1.39. The molecule has 2 heterocycles. The van der Waals surface area contributed by atoms with E-state index in [1.807, 2.05) is 43.3 Å². The zero-order valence-corrected chi connectivity index (χ0v) is 15.1. The molecule has 1 amide bonds. The first kappa shape index (κ1) is 17.3. The van der Waals surface area contributed by atoms with Gasteiger partial charge in [-0.25, -0.2) is 9.97 Å². The molecule has 0 radical (unpaired) electrons. The molecule has 0 aliphatic heterocycles. The third-order valence-electron chi connectivity index (χ3n) is 4.47. The van der Waals surface area contributed by atoms with Crippen LogP contribution in [0.5, 0.6) is 5.75 Å². The number of anilines is 1. The SMILES string of the molecule is CCc1cc(C2CC2)nc(NC(=O)c2occc2COc2ccccc2)n1. The fraction of sp³-hybridized carbons (Fsp3) is 0.286. The second kappa shape index (κ2) is 7.61. The van der Waals surface area contributed by atoms with Gasteiger partial charge in [0, 0.05) is 22.9 Å². The standard InChI is InChI=1S/C21H21N3O3/c1-2-16-12-18(14-8-9-14)23-21(22-16)24-20(25)19-15(10-11-26-19)13-27-17-6-4-3-5-7-17/h3-7,10-12,14H,2,8-9,13H2,1H3,(H,22,23,24,25). The lowest BCUT2D eigenvalue weighted by Crippen LogP contribution is -2.16. The minimum Gasteiger partial charge on any atom is -0.489 e. The van der Waals surface area contributed by atoms with Gasteiger partial charge < -0.3 is 9.15 Å². The summed E-state index contributed by atoms with van der Waals surface area (Å²) in [6.45, 7) is 2.28. The van der Waals surface area contributed by atoms with Gasteiger partial charge in [0.05, 0.1) is 6.26 Å².